The van der Waals surface area contributed by atoms with E-state index in [1.807, 2.05) is 12.2 Å². The maximum Gasteiger partial charge on any atom is 0.306 e. The Hall–Kier alpha value is -3.12. The van der Waals surface area contributed by atoms with Crippen LogP contribution in [0.4, 0.5) is 0 Å². The van der Waals surface area contributed by atoms with Crippen molar-refractivity contribution in [3.63, 3.8) is 0 Å². The number of ether oxygens (including phenoxy) is 4. The summed E-state index contributed by atoms with van der Waals surface area (Å²) < 4.78 is 22.1. The number of unbranched alkanes of at least 4 members (excludes halogenated alkanes) is 13. The van der Waals surface area contributed by atoms with E-state index in [0.717, 1.165) is 70.6 Å². The van der Waals surface area contributed by atoms with Crippen LogP contribution in [-0.4, -0.2) is 89.0 Å². The minimum atomic E-state index is -1.61. The van der Waals surface area contributed by atoms with Gasteiger partial charge in [-0.25, -0.2) is 0 Å². The number of aliphatic hydroxyl groups excluding tert-OH is 4. The highest BCUT2D eigenvalue weighted by Crippen LogP contribution is 2.22. The van der Waals surface area contributed by atoms with Crippen LogP contribution in [0.1, 0.15) is 168 Å². The van der Waals surface area contributed by atoms with Crippen LogP contribution in [0.25, 0.3) is 0 Å². The third-order valence-electron chi connectivity index (χ3n) is 10.3. The van der Waals surface area contributed by atoms with Crippen molar-refractivity contribution < 1.29 is 49.0 Å². The monoisotopic (exact) mass is 857 g/mol. The quantitative estimate of drug-likeness (QED) is 0.0268. The molecule has 348 valence electrons. The second-order valence-corrected chi connectivity index (χ2v) is 15.8. The maximum atomic E-state index is 12.7. The zero-order valence-electron chi connectivity index (χ0n) is 37.9. The summed E-state index contributed by atoms with van der Waals surface area (Å²) in [7, 11) is 0. The molecule has 3 unspecified atom stereocenters. The molecule has 4 N–H and O–H groups in total. The molecule has 61 heavy (non-hydrogen) atoms. The lowest BCUT2D eigenvalue weighted by atomic mass is 9.99. The van der Waals surface area contributed by atoms with Gasteiger partial charge in [0.2, 0.25) is 0 Å². The van der Waals surface area contributed by atoms with Crippen molar-refractivity contribution >= 4 is 11.9 Å². The van der Waals surface area contributed by atoms with E-state index >= 15 is 0 Å². The molecule has 1 aliphatic rings. The van der Waals surface area contributed by atoms with Gasteiger partial charge in [-0.15, -0.1) is 0 Å². The molecule has 1 heterocycles. The van der Waals surface area contributed by atoms with Gasteiger partial charge >= 0.3 is 11.9 Å². The van der Waals surface area contributed by atoms with Gasteiger partial charge in [0.05, 0.1) is 13.2 Å². The number of hydrogen-bond donors (Lipinski definition) is 4. The van der Waals surface area contributed by atoms with E-state index in [0.29, 0.717) is 12.8 Å². The van der Waals surface area contributed by atoms with E-state index < -0.39 is 55.4 Å². The number of carbonyl (C=O) groups is 2. The van der Waals surface area contributed by atoms with Crippen molar-refractivity contribution in [3.05, 3.63) is 85.1 Å². The van der Waals surface area contributed by atoms with Crippen LogP contribution in [0, 0.1) is 0 Å². The Balaban J connectivity index is 2.31. The molecular weight excluding hydrogens is 773 g/mol. The molecule has 0 spiro atoms. The zero-order chi connectivity index (χ0) is 44.4. The van der Waals surface area contributed by atoms with Crippen molar-refractivity contribution in [3.8, 4) is 0 Å². The first kappa shape index (κ1) is 55.9. The number of allylic oxidation sites excluding steroid dienone is 14. The molecule has 0 aliphatic carbocycles. The summed E-state index contributed by atoms with van der Waals surface area (Å²) in [6.45, 7) is 3.22. The van der Waals surface area contributed by atoms with Crippen LogP contribution in [0.5, 0.6) is 0 Å². The summed E-state index contributed by atoms with van der Waals surface area (Å²) in [6, 6.07) is 0. The Labute approximate surface area is 369 Å². The summed E-state index contributed by atoms with van der Waals surface area (Å²) in [6.07, 6.45) is 46.0. The Morgan fingerprint density at radius 1 is 0.525 bits per heavy atom. The van der Waals surface area contributed by atoms with Crippen LogP contribution in [-0.2, 0) is 28.5 Å². The first-order valence-corrected chi connectivity index (χ1v) is 23.7. The molecule has 1 rings (SSSR count). The van der Waals surface area contributed by atoms with Gasteiger partial charge in [0, 0.05) is 12.8 Å². The van der Waals surface area contributed by atoms with E-state index in [1.54, 1.807) is 0 Å². The Morgan fingerprint density at radius 2 is 1.00 bits per heavy atom. The third kappa shape index (κ3) is 32.3. The summed E-state index contributed by atoms with van der Waals surface area (Å²) in [4.78, 5) is 25.3. The molecule has 1 aliphatic heterocycles. The number of hydrogen-bond acceptors (Lipinski definition) is 10. The molecule has 10 heteroatoms. The summed E-state index contributed by atoms with van der Waals surface area (Å²) in [5.74, 6) is -0.905. The third-order valence-corrected chi connectivity index (χ3v) is 10.3. The Morgan fingerprint density at radius 3 is 1.52 bits per heavy atom. The number of rotatable bonds is 38. The molecule has 0 bridgehead atoms. The van der Waals surface area contributed by atoms with Crippen molar-refractivity contribution in [2.75, 3.05) is 19.8 Å². The second-order valence-electron chi connectivity index (χ2n) is 15.8. The van der Waals surface area contributed by atoms with Gasteiger partial charge in [0.1, 0.15) is 31.0 Å². The zero-order valence-corrected chi connectivity index (χ0v) is 37.9. The SMILES string of the molecule is CC/C=C/C/C=C/C/C=C/C/C=C/C/C=C/CCCCCCCCCC(=O)OCC(CO[C@H]1O[C@@H](CO)[C@@H](O)C(O)C1O)OC(=O)CC/C=C/C/C=C/CCCCCCCC. The molecule has 10 nitrogen and oxygen atoms in total. The van der Waals surface area contributed by atoms with E-state index in [1.165, 1.54) is 57.8 Å². The largest absolute Gasteiger partial charge is 0.462 e. The van der Waals surface area contributed by atoms with E-state index in [4.69, 9.17) is 18.9 Å². The molecule has 6 atom stereocenters. The minimum Gasteiger partial charge on any atom is -0.462 e. The van der Waals surface area contributed by atoms with Crippen LogP contribution in [0.15, 0.2) is 85.1 Å². The molecular formula is C51H84O10. The lowest BCUT2D eigenvalue weighted by molar-refractivity contribution is -0.305. The highest BCUT2D eigenvalue weighted by Gasteiger charge is 2.44. The highest BCUT2D eigenvalue weighted by molar-refractivity contribution is 5.70. The van der Waals surface area contributed by atoms with Crippen molar-refractivity contribution in [2.45, 2.75) is 205 Å². The summed E-state index contributed by atoms with van der Waals surface area (Å²) in [5, 5.41) is 40.1. The molecule has 1 fully saturated rings. The number of aliphatic hydroxyl groups is 4. The summed E-state index contributed by atoms with van der Waals surface area (Å²) >= 11 is 0. The fourth-order valence-electron chi connectivity index (χ4n) is 6.56. The molecule has 0 radical (unpaired) electrons. The van der Waals surface area contributed by atoms with E-state index in [9.17, 15) is 30.0 Å². The van der Waals surface area contributed by atoms with Crippen LogP contribution in [0.2, 0.25) is 0 Å². The highest BCUT2D eigenvalue weighted by atomic mass is 16.7. The van der Waals surface area contributed by atoms with Gasteiger partial charge in [-0.3, -0.25) is 9.59 Å². The minimum absolute atomic E-state index is 0.117. The topological polar surface area (TPSA) is 152 Å². The normalized spacial score (nSPS) is 20.5. The first-order valence-electron chi connectivity index (χ1n) is 23.7. The van der Waals surface area contributed by atoms with Gasteiger partial charge in [-0.2, -0.15) is 0 Å². The van der Waals surface area contributed by atoms with E-state index in [2.05, 4.69) is 86.8 Å². The Kier molecular flexibility index (Phi) is 37.5. The predicted octanol–water partition coefficient (Wildman–Crippen LogP) is 10.6. The predicted molar refractivity (Wildman–Crippen MR) is 247 cm³/mol. The van der Waals surface area contributed by atoms with Crippen LogP contribution < -0.4 is 0 Å². The average molecular weight is 857 g/mol. The summed E-state index contributed by atoms with van der Waals surface area (Å²) in [5.41, 5.74) is 0. The van der Waals surface area contributed by atoms with Crippen LogP contribution >= 0.6 is 0 Å². The van der Waals surface area contributed by atoms with Crippen molar-refractivity contribution in [2.24, 2.45) is 0 Å². The van der Waals surface area contributed by atoms with Gasteiger partial charge in [-0.1, -0.05) is 163 Å². The fraction of sp³-hybridized carbons (Fsp3) is 0.686. The number of carbonyl (C=O) groups excluding carboxylic acids is 2. The van der Waals surface area contributed by atoms with Gasteiger partial charge in [0.15, 0.2) is 12.4 Å². The van der Waals surface area contributed by atoms with Gasteiger partial charge in [0.25, 0.3) is 0 Å². The average Bonchev–Trinajstić information content (AvgIpc) is 3.26. The maximum absolute atomic E-state index is 12.7. The van der Waals surface area contributed by atoms with E-state index in [-0.39, 0.29) is 26.1 Å². The fourth-order valence-corrected chi connectivity index (χ4v) is 6.56. The molecule has 0 aromatic rings. The molecule has 1 saturated heterocycles. The van der Waals surface area contributed by atoms with Gasteiger partial charge in [-0.05, 0) is 77.0 Å². The molecule has 0 aromatic heterocycles. The van der Waals surface area contributed by atoms with Crippen molar-refractivity contribution in [1.82, 2.24) is 0 Å². The lowest BCUT2D eigenvalue weighted by Crippen LogP contribution is -2.59. The number of esters is 2. The first-order chi connectivity index (χ1) is 29.8. The molecule has 0 aromatic carbocycles. The lowest BCUT2D eigenvalue weighted by Gasteiger charge is -2.39. The second kappa shape index (κ2) is 40.9. The van der Waals surface area contributed by atoms with Crippen molar-refractivity contribution in [1.29, 1.82) is 0 Å². The molecule has 0 saturated carbocycles. The van der Waals surface area contributed by atoms with Crippen LogP contribution in [0.3, 0.4) is 0 Å². The standard InChI is InChI=1S/C51H84O10/c1-3-5-7-9-11-13-15-17-18-19-20-21-22-23-24-25-26-28-29-31-33-35-37-39-46(53)58-42-44(43-59-51-50(57)49(56)48(55)45(41-52)61-51)60-47(54)40-38-36-34-32-30-27-16-14-12-10-8-6-4-2/h5,7,11,13,17-18,20-21,23-24,27,30,34,36,44-45,48-52,55-57H,3-4,6,8-10,12,14-16,19,22,25-26,28-29,31-33,35,37-43H2,1-2H3/b7-5+,13-11+,18-17+,21-20+,24-23+,30-27+,36-34+/t44?,45-,48+,49?,50?,51-/m0/s1. The molecule has 0 amide bonds. The smallest absolute Gasteiger partial charge is 0.306 e. The van der Waals surface area contributed by atoms with Gasteiger partial charge < -0.3 is 39.4 Å². The Bertz CT molecular complexity index is 1270.